The average Bonchev–Trinajstić information content (AvgIpc) is 2.85. The van der Waals surface area contributed by atoms with Gasteiger partial charge >= 0.3 is 5.97 Å². The Balaban J connectivity index is 1.86. The molecule has 1 N–H and O–H groups in total. The number of nitrogens with zero attached hydrogens (tertiary/aromatic N) is 1. The molecule has 1 aromatic heterocycles. The van der Waals surface area contributed by atoms with Crippen molar-refractivity contribution in [3.63, 3.8) is 0 Å². The summed E-state index contributed by atoms with van der Waals surface area (Å²) in [7, 11) is 0. The van der Waals surface area contributed by atoms with Crippen molar-refractivity contribution >= 4 is 22.6 Å². The summed E-state index contributed by atoms with van der Waals surface area (Å²) in [5, 5.41) is 2.78. The molecule has 0 fully saturated rings. The Hall–Kier alpha value is -4.00. The fourth-order valence-corrected chi connectivity index (χ4v) is 3.87. The number of esters is 1. The number of carbonyl (C=O) groups excluding carboxylic acids is 1. The molecule has 0 amide bonds. The van der Waals surface area contributed by atoms with Crippen molar-refractivity contribution in [2.75, 3.05) is 11.9 Å². The first-order valence-corrected chi connectivity index (χ1v) is 11.0. The summed E-state index contributed by atoms with van der Waals surface area (Å²) in [5.74, 6) is -3.06. The van der Waals surface area contributed by atoms with Gasteiger partial charge in [-0.3, -0.25) is 4.79 Å². The van der Waals surface area contributed by atoms with Crippen LogP contribution in [0.15, 0.2) is 77.7 Å². The molecule has 174 valence electrons. The van der Waals surface area contributed by atoms with Crippen molar-refractivity contribution in [2.24, 2.45) is 0 Å². The predicted molar refractivity (Wildman–Crippen MR) is 128 cm³/mol. The van der Waals surface area contributed by atoms with Crippen LogP contribution >= 0.6 is 0 Å². The molecule has 34 heavy (non-hydrogen) atoms. The number of ether oxygens (including phenoxy) is 1. The van der Waals surface area contributed by atoms with Crippen LogP contribution in [-0.2, 0) is 24.2 Å². The van der Waals surface area contributed by atoms with Gasteiger partial charge < -0.3 is 14.6 Å². The number of carbonyl (C=O) groups is 1. The van der Waals surface area contributed by atoms with Crippen molar-refractivity contribution in [3.05, 3.63) is 111 Å². The molecule has 5 nitrogen and oxygen atoms in total. The van der Waals surface area contributed by atoms with Gasteiger partial charge in [-0.1, -0.05) is 60.7 Å². The largest absolute Gasteiger partial charge is 0.462 e. The van der Waals surface area contributed by atoms with E-state index in [0.29, 0.717) is 13.0 Å². The molecule has 0 aliphatic heterocycles. The fourth-order valence-electron chi connectivity index (χ4n) is 3.87. The minimum Gasteiger partial charge on any atom is -0.462 e. The first-order valence-electron chi connectivity index (χ1n) is 11.0. The number of rotatable bonds is 8. The van der Waals surface area contributed by atoms with E-state index in [0.717, 1.165) is 17.2 Å². The van der Waals surface area contributed by atoms with Crippen LogP contribution in [0.1, 0.15) is 28.4 Å². The van der Waals surface area contributed by atoms with Gasteiger partial charge in [0.25, 0.3) is 0 Å². The van der Waals surface area contributed by atoms with Crippen molar-refractivity contribution in [3.8, 4) is 0 Å². The Kier molecular flexibility index (Phi) is 7.01. The zero-order valence-electron chi connectivity index (χ0n) is 18.7. The van der Waals surface area contributed by atoms with E-state index in [1.807, 2.05) is 60.7 Å². The highest BCUT2D eigenvalue weighted by Crippen LogP contribution is 2.28. The van der Waals surface area contributed by atoms with E-state index >= 15 is 0 Å². The molecule has 0 radical (unpaired) electrons. The number of benzene rings is 3. The second kappa shape index (κ2) is 10.3. The summed E-state index contributed by atoms with van der Waals surface area (Å²) < 4.78 is 36.3. The van der Waals surface area contributed by atoms with E-state index in [2.05, 4.69) is 5.32 Å². The summed E-state index contributed by atoms with van der Waals surface area (Å²) in [5.41, 5.74) is 0.837. The lowest BCUT2D eigenvalue weighted by atomic mass is 10.1. The van der Waals surface area contributed by atoms with Crippen LogP contribution in [0, 0.1) is 11.6 Å². The SMILES string of the molecule is CCOC(=O)c1cn(CCc2ccccc2)c2cc(F)c(F)c(NCc3ccccc3)c2c1=O. The van der Waals surface area contributed by atoms with Gasteiger partial charge in [0.15, 0.2) is 11.6 Å². The van der Waals surface area contributed by atoms with Crippen LogP contribution in [0.4, 0.5) is 14.5 Å². The van der Waals surface area contributed by atoms with Gasteiger partial charge in [-0.2, -0.15) is 0 Å². The number of anilines is 1. The molecule has 0 atom stereocenters. The zero-order chi connectivity index (χ0) is 24.1. The highest BCUT2D eigenvalue weighted by atomic mass is 19.2. The molecular weight excluding hydrogens is 438 g/mol. The van der Waals surface area contributed by atoms with Crippen LogP contribution in [0.5, 0.6) is 0 Å². The lowest BCUT2D eigenvalue weighted by Gasteiger charge is -2.17. The monoisotopic (exact) mass is 462 g/mol. The van der Waals surface area contributed by atoms with E-state index < -0.39 is 23.0 Å². The summed E-state index contributed by atoms with van der Waals surface area (Å²) >= 11 is 0. The topological polar surface area (TPSA) is 60.3 Å². The smallest absolute Gasteiger partial charge is 0.343 e. The maximum absolute atomic E-state index is 15.0. The standard InChI is InChI=1S/C27H24F2N2O3/c1-2-34-27(33)20-17-31(14-13-18-9-5-3-6-10-18)22-15-21(28)24(29)25(23(22)26(20)32)30-16-19-11-7-4-8-12-19/h3-12,15,17,30H,2,13-14,16H2,1H3. The van der Waals surface area contributed by atoms with Gasteiger partial charge in [0.2, 0.25) is 5.43 Å². The quantitative estimate of drug-likeness (QED) is 0.361. The Bertz CT molecular complexity index is 1370. The minimum absolute atomic E-state index is 0.0806. The molecule has 0 aliphatic rings. The number of hydrogen-bond acceptors (Lipinski definition) is 4. The number of aromatic nitrogens is 1. The molecule has 3 aromatic carbocycles. The number of halogens is 2. The van der Waals surface area contributed by atoms with Crippen molar-refractivity contribution < 1.29 is 18.3 Å². The second-order valence-corrected chi connectivity index (χ2v) is 7.80. The molecule has 0 spiro atoms. The van der Waals surface area contributed by atoms with E-state index in [1.54, 1.807) is 11.5 Å². The van der Waals surface area contributed by atoms with Gasteiger partial charge in [-0.05, 0) is 24.5 Å². The molecule has 4 aromatic rings. The van der Waals surface area contributed by atoms with Gasteiger partial charge in [0, 0.05) is 25.4 Å². The predicted octanol–water partition coefficient (Wildman–Crippen LogP) is 5.31. The molecule has 0 unspecified atom stereocenters. The number of aryl methyl sites for hydroxylation is 2. The fraction of sp³-hybridized carbons (Fsp3) is 0.185. The Morgan fingerprint density at radius 2 is 1.65 bits per heavy atom. The summed E-state index contributed by atoms with van der Waals surface area (Å²) in [6.45, 7) is 2.23. The van der Waals surface area contributed by atoms with Crippen LogP contribution in [0.25, 0.3) is 10.9 Å². The first kappa shape index (κ1) is 23.2. The maximum Gasteiger partial charge on any atom is 0.343 e. The Labute approximate surface area is 195 Å². The van der Waals surface area contributed by atoms with E-state index in [4.69, 9.17) is 4.74 Å². The van der Waals surface area contributed by atoms with Crippen LogP contribution in [0.3, 0.4) is 0 Å². The van der Waals surface area contributed by atoms with Crippen molar-refractivity contribution in [2.45, 2.75) is 26.4 Å². The second-order valence-electron chi connectivity index (χ2n) is 7.80. The normalized spacial score (nSPS) is 10.9. The minimum atomic E-state index is -1.17. The summed E-state index contributed by atoms with van der Waals surface area (Å²) in [6.07, 6.45) is 1.93. The van der Waals surface area contributed by atoms with E-state index in [-0.39, 0.29) is 35.3 Å². The van der Waals surface area contributed by atoms with Crippen LogP contribution in [0.2, 0.25) is 0 Å². The zero-order valence-corrected chi connectivity index (χ0v) is 18.7. The number of hydrogen-bond donors (Lipinski definition) is 1. The Morgan fingerprint density at radius 3 is 2.29 bits per heavy atom. The molecule has 0 saturated heterocycles. The van der Waals surface area contributed by atoms with E-state index in [9.17, 15) is 18.4 Å². The molecule has 0 aliphatic carbocycles. The number of fused-ring (bicyclic) bond motifs is 1. The molecule has 0 saturated carbocycles. The highest BCUT2D eigenvalue weighted by molar-refractivity contribution is 5.98. The molecule has 4 rings (SSSR count). The number of nitrogens with one attached hydrogen (secondary N) is 1. The third-order valence-electron chi connectivity index (χ3n) is 5.56. The molecule has 0 bridgehead atoms. The molecular formula is C27H24F2N2O3. The first-order chi connectivity index (χ1) is 16.5. The van der Waals surface area contributed by atoms with Gasteiger partial charge in [0.1, 0.15) is 5.56 Å². The van der Waals surface area contributed by atoms with Crippen molar-refractivity contribution in [1.82, 2.24) is 4.57 Å². The van der Waals surface area contributed by atoms with Crippen LogP contribution < -0.4 is 10.7 Å². The van der Waals surface area contributed by atoms with Gasteiger partial charge in [-0.25, -0.2) is 13.6 Å². The summed E-state index contributed by atoms with van der Waals surface area (Å²) in [4.78, 5) is 25.9. The summed E-state index contributed by atoms with van der Waals surface area (Å²) in [6, 6.07) is 19.8. The maximum atomic E-state index is 15.0. The lowest BCUT2D eigenvalue weighted by molar-refractivity contribution is 0.0524. The lowest BCUT2D eigenvalue weighted by Crippen LogP contribution is -2.23. The van der Waals surface area contributed by atoms with Gasteiger partial charge in [0.05, 0.1) is 23.2 Å². The molecule has 1 heterocycles. The molecule has 7 heteroatoms. The van der Waals surface area contributed by atoms with E-state index in [1.165, 1.54) is 6.20 Å². The number of pyridine rings is 1. The third-order valence-corrected chi connectivity index (χ3v) is 5.56. The Morgan fingerprint density at radius 1 is 1.00 bits per heavy atom. The average molecular weight is 462 g/mol. The van der Waals surface area contributed by atoms with Crippen molar-refractivity contribution in [1.29, 1.82) is 0 Å². The van der Waals surface area contributed by atoms with Gasteiger partial charge in [-0.15, -0.1) is 0 Å². The third kappa shape index (κ3) is 4.83. The van der Waals surface area contributed by atoms with Crippen LogP contribution in [-0.4, -0.2) is 17.1 Å². The highest BCUT2D eigenvalue weighted by Gasteiger charge is 2.23.